The Balaban J connectivity index is 1.68. The maximum atomic E-state index is 12.6. The largest absolute Gasteiger partial charge is 0.372 e. The van der Waals surface area contributed by atoms with Gasteiger partial charge in [-0.15, -0.1) is 0 Å². The van der Waals surface area contributed by atoms with E-state index in [1.807, 2.05) is 36.4 Å². The van der Waals surface area contributed by atoms with Crippen LogP contribution in [-0.2, 0) is 0 Å². The first-order valence-electron chi connectivity index (χ1n) is 9.51. The number of hydrogen-bond acceptors (Lipinski definition) is 5. The minimum absolute atomic E-state index is 0.225. The molecule has 2 aromatic carbocycles. The highest BCUT2D eigenvalue weighted by atomic mass is 16.1. The molecule has 0 saturated carbocycles. The predicted molar refractivity (Wildman–Crippen MR) is 117 cm³/mol. The zero-order valence-corrected chi connectivity index (χ0v) is 16.5. The zero-order valence-electron chi connectivity index (χ0n) is 16.5. The van der Waals surface area contributed by atoms with E-state index in [4.69, 9.17) is 5.26 Å². The molecule has 2 N–H and O–H groups in total. The van der Waals surface area contributed by atoms with E-state index in [2.05, 4.69) is 40.4 Å². The zero-order chi connectivity index (χ0) is 20.6. The van der Waals surface area contributed by atoms with E-state index in [-0.39, 0.29) is 5.91 Å². The third-order valence-corrected chi connectivity index (χ3v) is 4.56. The number of rotatable bonds is 7. The summed E-state index contributed by atoms with van der Waals surface area (Å²) in [6.07, 6.45) is 3.18. The van der Waals surface area contributed by atoms with Crippen LogP contribution >= 0.6 is 0 Å². The number of amides is 1. The van der Waals surface area contributed by atoms with E-state index in [0.717, 1.165) is 30.2 Å². The Morgan fingerprint density at radius 1 is 0.966 bits per heavy atom. The molecule has 0 spiro atoms. The molecule has 6 heteroatoms. The van der Waals surface area contributed by atoms with Crippen LogP contribution in [0.4, 0.5) is 22.7 Å². The Morgan fingerprint density at radius 2 is 1.62 bits per heavy atom. The van der Waals surface area contributed by atoms with E-state index in [1.165, 1.54) is 6.20 Å². The minimum atomic E-state index is -0.225. The number of nitriles is 1. The van der Waals surface area contributed by atoms with Crippen molar-refractivity contribution >= 4 is 28.7 Å². The number of hydrogen-bond donors (Lipinski definition) is 2. The fourth-order valence-corrected chi connectivity index (χ4v) is 2.97. The van der Waals surface area contributed by atoms with Crippen molar-refractivity contribution in [3.8, 4) is 6.07 Å². The number of carbonyl (C=O) groups excluding carboxylic acids is 1. The SMILES string of the molecule is CCN(CC)c1ccc(NC(=O)c2cncc(Nc3ccc(C#N)cc3)c2)cc1. The molecule has 1 heterocycles. The quantitative estimate of drug-likeness (QED) is 0.611. The Morgan fingerprint density at radius 3 is 2.24 bits per heavy atom. The molecule has 3 rings (SSSR count). The molecule has 0 aliphatic rings. The van der Waals surface area contributed by atoms with Gasteiger partial charge in [-0.1, -0.05) is 0 Å². The average molecular weight is 385 g/mol. The molecule has 146 valence electrons. The van der Waals surface area contributed by atoms with Crippen molar-refractivity contribution in [2.75, 3.05) is 28.6 Å². The summed E-state index contributed by atoms with van der Waals surface area (Å²) in [6.45, 7) is 6.11. The van der Waals surface area contributed by atoms with Crippen LogP contribution in [0, 0.1) is 11.3 Å². The van der Waals surface area contributed by atoms with Crippen molar-refractivity contribution in [3.05, 3.63) is 78.1 Å². The molecule has 0 aliphatic carbocycles. The lowest BCUT2D eigenvalue weighted by molar-refractivity contribution is 0.102. The van der Waals surface area contributed by atoms with Gasteiger partial charge in [0.15, 0.2) is 0 Å². The van der Waals surface area contributed by atoms with Gasteiger partial charge in [0.25, 0.3) is 5.91 Å². The summed E-state index contributed by atoms with van der Waals surface area (Å²) in [5.41, 5.74) is 4.42. The van der Waals surface area contributed by atoms with Crippen LogP contribution in [-0.4, -0.2) is 24.0 Å². The van der Waals surface area contributed by atoms with Crippen molar-refractivity contribution in [2.45, 2.75) is 13.8 Å². The van der Waals surface area contributed by atoms with Gasteiger partial charge in [-0.2, -0.15) is 5.26 Å². The molecule has 3 aromatic rings. The van der Waals surface area contributed by atoms with Crippen LogP contribution < -0.4 is 15.5 Å². The highest BCUT2D eigenvalue weighted by molar-refractivity contribution is 6.04. The monoisotopic (exact) mass is 385 g/mol. The Kier molecular flexibility index (Phi) is 6.43. The van der Waals surface area contributed by atoms with Gasteiger partial charge in [0.1, 0.15) is 0 Å². The maximum Gasteiger partial charge on any atom is 0.257 e. The van der Waals surface area contributed by atoms with Gasteiger partial charge in [-0.3, -0.25) is 9.78 Å². The van der Waals surface area contributed by atoms with Gasteiger partial charge >= 0.3 is 0 Å². The second-order valence-corrected chi connectivity index (χ2v) is 6.45. The van der Waals surface area contributed by atoms with Crippen LogP contribution in [0.5, 0.6) is 0 Å². The van der Waals surface area contributed by atoms with Crippen molar-refractivity contribution < 1.29 is 4.79 Å². The third kappa shape index (κ3) is 5.11. The standard InChI is InChI=1S/C23H23N5O/c1-3-28(4-2)22-11-9-20(10-12-22)27-23(29)18-13-21(16-25-15-18)26-19-7-5-17(14-24)6-8-19/h5-13,15-16,26H,3-4H2,1-2H3,(H,27,29). The number of aromatic nitrogens is 1. The maximum absolute atomic E-state index is 12.6. The second-order valence-electron chi connectivity index (χ2n) is 6.45. The van der Waals surface area contributed by atoms with Crippen LogP contribution in [0.15, 0.2) is 67.0 Å². The molecule has 0 aliphatic heterocycles. The van der Waals surface area contributed by atoms with Crippen molar-refractivity contribution in [3.63, 3.8) is 0 Å². The van der Waals surface area contributed by atoms with Crippen LogP contribution in [0.25, 0.3) is 0 Å². The lowest BCUT2D eigenvalue weighted by atomic mass is 10.2. The first-order chi connectivity index (χ1) is 14.1. The van der Waals surface area contributed by atoms with E-state index < -0.39 is 0 Å². The summed E-state index contributed by atoms with van der Waals surface area (Å²) >= 11 is 0. The fraction of sp³-hybridized carbons (Fsp3) is 0.174. The van der Waals surface area contributed by atoms with E-state index in [1.54, 1.807) is 24.4 Å². The number of nitrogens with one attached hydrogen (secondary N) is 2. The second kappa shape index (κ2) is 9.38. The molecule has 0 fully saturated rings. The third-order valence-electron chi connectivity index (χ3n) is 4.56. The summed E-state index contributed by atoms with van der Waals surface area (Å²) in [5.74, 6) is -0.225. The van der Waals surface area contributed by atoms with E-state index >= 15 is 0 Å². The normalized spacial score (nSPS) is 10.1. The van der Waals surface area contributed by atoms with Crippen LogP contribution in [0.3, 0.4) is 0 Å². The smallest absolute Gasteiger partial charge is 0.257 e. The lowest BCUT2D eigenvalue weighted by Crippen LogP contribution is -2.21. The first kappa shape index (κ1) is 19.9. The molecule has 6 nitrogen and oxygen atoms in total. The fourth-order valence-electron chi connectivity index (χ4n) is 2.97. The predicted octanol–water partition coefficient (Wildman–Crippen LogP) is 4.80. The first-order valence-corrected chi connectivity index (χ1v) is 9.51. The number of carbonyl (C=O) groups is 1. The highest BCUT2D eigenvalue weighted by Gasteiger charge is 2.09. The van der Waals surface area contributed by atoms with E-state index in [0.29, 0.717) is 16.8 Å². The molecular formula is C23H23N5O. The Hall–Kier alpha value is -3.85. The molecule has 0 unspecified atom stereocenters. The summed E-state index contributed by atoms with van der Waals surface area (Å²) < 4.78 is 0. The summed E-state index contributed by atoms with van der Waals surface area (Å²) in [6, 6.07) is 18.7. The topological polar surface area (TPSA) is 81.1 Å². The summed E-state index contributed by atoms with van der Waals surface area (Å²) in [4.78, 5) is 19.0. The molecule has 0 bridgehead atoms. The number of benzene rings is 2. The number of pyridine rings is 1. The lowest BCUT2D eigenvalue weighted by Gasteiger charge is -2.21. The van der Waals surface area contributed by atoms with Gasteiger partial charge in [-0.25, -0.2) is 0 Å². The van der Waals surface area contributed by atoms with Gasteiger partial charge < -0.3 is 15.5 Å². The average Bonchev–Trinajstić information content (AvgIpc) is 2.76. The van der Waals surface area contributed by atoms with E-state index in [9.17, 15) is 4.79 Å². The molecule has 1 aromatic heterocycles. The van der Waals surface area contributed by atoms with Crippen molar-refractivity contribution in [1.29, 1.82) is 5.26 Å². The van der Waals surface area contributed by atoms with Gasteiger partial charge in [0.05, 0.1) is 29.1 Å². The molecule has 0 saturated heterocycles. The summed E-state index contributed by atoms with van der Waals surface area (Å²) in [5, 5.41) is 15.0. The van der Waals surface area contributed by atoms with Crippen molar-refractivity contribution in [2.24, 2.45) is 0 Å². The molecule has 29 heavy (non-hydrogen) atoms. The number of nitrogens with zero attached hydrogens (tertiary/aromatic N) is 3. The van der Waals surface area contributed by atoms with Gasteiger partial charge in [0.2, 0.25) is 0 Å². The number of anilines is 4. The van der Waals surface area contributed by atoms with Gasteiger partial charge in [0, 0.05) is 36.3 Å². The van der Waals surface area contributed by atoms with Crippen LogP contribution in [0.1, 0.15) is 29.8 Å². The molecule has 0 radical (unpaired) electrons. The minimum Gasteiger partial charge on any atom is -0.372 e. The van der Waals surface area contributed by atoms with Gasteiger partial charge in [-0.05, 0) is 68.4 Å². The van der Waals surface area contributed by atoms with Crippen molar-refractivity contribution in [1.82, 2.24) is 4.98 Å². The molecular weight excluding hydrogens is 362 g/mol. The molecule has 0 atom stereocenters. The summed E-state index contributed by atoms with van der Waals surface area (Å²) in [7, 11) is 0. The Labute approximate surface area is 170 Å². The molecule has 1 amide bonds. The van der Waals surface area contributed by atoms with Crippen LogP contribution in [0.2, 0.25) is 0 Å². The highest BCUT2D eigenvalue weighted by Crippen LogP contribution is 2.20. The Bertz CT molecular complexity index is 1000.